The lowest BCUT2D eigenvalue weighted by atomic mass is 10.2. The van der Waals surface area contributed by atoms with Gasteiger partial charge in [0.05, 0.1) is 11.3 Å². The SMILES string of the molecule is O=Cc1c(C2CC2)nn(-c2ccc(F)cc2F)c1Cl. The Bertz CT molecular complexity index is 665. The fourth-order valence-corrected chi connectivity index (χ4v) is 2.28. The summed E-state index contributed by atoms with van der Waals surface area (Å²) in [5.41, 5.74) is 0.901. The minimum absolute atomic E-state index is 0.0291. The Hall–Kier alpha value is -1.75. The van der Waals surface area contributed by atoms with Crippen molar-refractivity contribution < 1.29 is 13.6 Å². The molecule has 0 bridgehead atoms. The van der Waals surface area contributed by atoms with Gasteiger partial charge < -0.3 is 0 Å². The highest BCUT2D eigenvalue weighted by Gasteiger charge is 2.32. The lowest BCUT2D eigenvalue weighted by Crippen LogP contribution is -2.01. The Morgan fingerprint density at radius 1 is 1.37 bits per heavy atom. The minimum atomic E-state index is -0.774. The molecule has 0 saturated heterocycles. The fraction of sp³-hybridized carbons (Fsp3) is 0.231. The number of aldehydes is 1. The first kappa shape index (κ1) is 12.3. The molecule has 1 saturated carbocycles. The van der Waals surface area contributed by atoms with Crippen molar-refractivity contribution >= 4 is 17.9 Å². The van der Waals surface area contributed by atoms with Gasteiger partial charge in [-0.15, -0.1) is 0 Å². The third-order valence-corrected chi connectivity index (χ3v) is 3.48. The van der Waals surface area contributed by atoms with E-state index in [0.717, 1.165) is 29.7 Å². The van der Waals surface area contributed by atoms with Gasteiger partial charge in [0, 0.05) is 12.0 Å². The zero-order chi connectivity index (χ0) is 13.6. The lowest BCUT2D eigenvalue weighted by Gasteiger charge is -2.04. The average Bonchev–Trinajstić information content (AvgIpc) is 3.15. The van der Waals surface area contributed by atoms with Crippen molar-refractivity contribution in [3.63, 3.8) is 0 Å². The summed E-state index contributed by atoms with van der Waals surface area (Å²) in [6, 6.07) is 3.12. The molecule has 1 heterocycles. The second-order valence-electron chi connectivity index (χ2n) is 4.49. The molecule has 6 heteroatoms. The van der Waals surface area contributed by atoms with E-state index in [4.69, 9.17) is 11.6 Å². The highest BCUT2D eigenvalue weighted by atomic mass is 35.5. The van der Waals surface area contributed by atoms with Crippen LogP contribution in [0.1, 0.15) is 34.8 Å². The number of halogens is 3. The van der Waals surface area contributed by atoms with Crippen LogP contribution in [0.2, 0.25) is 5.15 Å². The third-order valence-electron chi connectivity index (χ3n) is 3.11. The van der Waals surface area contributed by atoms with Gasteiger partial charge in [0.1, 0.15) is 16.7 Å². The molecule has 0 aliphatic heterocycles. The van der Waals surface area contributed by atoms with Crippen molar-refractivity contribution in [2.45, 2.75) is 18.8 Å². The quantitative estimate of drug-likeness (QED) is 0.808. The van der Waals surface area contributed by atoms with Crippen LogP contribution < -0.4 is 0 Å². The maximum atomic E-state index is 13.7. The van der Waals surface area contributed by atoms with Crippen LogP contribution >= 0.6 is 11.6 Å². The average molecular weight is 283 g/mol. The summed E-state index contributed by atoms with van der Waals surface area (Å²) in [4.78, 5) is 11.1. The van der Waals surface area contributed by atoms with Crippen LogP contribution in [0.5, 0.6) is 0 Å². The molecule has 0 atom stereocenters. The van der Waals surface area contributed by atoms with E-state index in [1.807, 2.05) is 0 Å². The predicted octanol–water partition coefficient (Wildman–Crippen LogP) is 3.49. The van der Waals surface area contributed by atoms with Gasteiger partial charge in [-0.3, -0.25) is 4.79 Å². The van der Waals surface area contributed by atoms with E-state index >= 15 is 0 Å². The molecule has 1 aromatic heterocycles. The summed E-state index contributed by atoms with van der Waals surface area (Å²) in [6.45, 7) is 0. The molecule has 19 heavy (non-hydrogen) atoms. The summed E-state index contributed by atoms with van der Waals surface area (Å²) in [7, 11) is 0. The summed E-state index contributed by atoms with van der Waals surface area (Å²) >= 11 is 6.06. The Morgan fingerprint density at radius 3 is 2.68 bits per heavy atom. The Labute approximate surface area is 112 Å². The highest BCUT2D eigenvalue weighted by Crippen LogP contribution is 2.42. The maximum absolute atomic E-state index is 13.7. The van der Waals surface area contributed by atoms with Gasteiger partial charge in [-0.1, -0.05) is 11.6 Å². The van der Waals surface area contributed by atoms with E-state index in [1.54, 1.807) is 0 Å². The first-order valence-corrected chi connectivity index (χ1v) is 6.18. The van der Waals surface area contributed by atoms with Gasteiger partial charge in [-0.2, -0.15) is 5.10 Å². The number of aromatic nitrogens is 2. The van der Waals surface area contributed by atoms with E-state index in [9.17, 15) is 13.6 Å². The van der Waals surface area contributed by atoms with Crippen molar-refractivity contribution in [1.29, 1.82) is 0 Å². The number of carbonyl (C=O) groups excluding carboxylic acids is 1. The molecule has 0 amide bonds. The van der Waals surface area contributed by atoms with E-state index in [0.29, 0.717) is 12.0 Å². The molecule has 3 rings (SSSR count). The monoisotopic (exact) mass is 282 g/mol. The molecule has 2 aromatic rings. The molecule has 1 aliphatic rings. The number of rotatable bonds is 3. The van der Waals surface area contributed by atoms with Crippen molar-refractivity contribution in [3.8, 4) is 5.69 Å². The van der Waals surface area contributed by atoms with Crippen LogP contribution in [0, 0.1) is 11.6 Å². The molecule has 0 unspecified atom stereocenters. The van der Waals surface area contributed by atoms with Gasteiger partial charge in [-0.25, -0.2) is 13.5 Å². The summed E-state index contributed by atoms with van der Waals surface area (Å²) < 4.78 is 27.8. The first-order valence-electron chi connectivity index (χ1n) is 5.81. The van der Waals surface area contributed by atoms with Crippen LogP contribution in [-0.4, -0.2) is 16.1 Å². The van der Waals surface area contributed by atoms with Crippen LogP contribution in [-0.2, 0) is 0 Å². The van der Waals surface area contributed by atoms with Crippen molar-refractivity contribution in [1.82, 2.24) is 9.78 Å². The van der Waals surface area contributed by atoms with Gasteiger partial charge in [0.15, 0.2) is 12.1 Å². The number of hydrogen-bond acceptors (Lipinski definition) is 2. The molecule has 0 radical (unpaired) electrons. The number of carbonyl (C=O) groups is 1. The van der Waals surface area contributed by atoms with E-state index in [-0.39, 0.29) is 22.3 Å². The van der Waals surface area contributed by atoms with Crippen LogP contribution in [0.4, 0.5) is 8.78 Å². The van der Waals surface area contributed by atoms with Gasteiger partial charge >= 0.3 is 0 Å². The lowest BCUT2D eigenvalue weighted by molar-refractivity contribution is 0.112. The maximum Gasteiger partial charge on any atom is 0.155 e. The molecular formula is C13H9ClF2N2O. The van der Waals surface area contributed by atoms with E-state index < -0.39 is 11.6 Å². The molecule has 0 N–H and O–H groups in total. The number of hydrogen-bond donors (Lipinski definition) is 0. The molecule has 3 nitrogen and oxygen atoms in total. The molecular weight excluding hydrogens is 274 g/mol. The van der Waals surface area contributed by atoms with Gasteiger partial charge in [0.25, 0.3) is 0 Å². The topological polar surface area (TPSA) is 34.9 Å². The molecule has 1 aromatic carbocycles. The molecule has 1 fully saturated rings. The fourth-order valence-electron chi connectivity index (χ4n) is 2.01. The van der Waals surface area contributed by atoms with Crippen molar-refractivity contribution in [2.24, 2.45) is 0 Å². The second kappa shape index (κ2) is 4.42. The largest absolute Gasteiger partial charge is 0.298 e. The summed E-state index contributed by atoms with van der Waals surface area (Å²) in [5.74, 6) is -1.24. The summed E-state index contributed by atoms with van der Waals surface area (Å²) in [5, 5.41) is 4.25. The number of benzene rings is 1. The highest BCUT2D eigenvalue weighted by molar-refractivity contribution is 6.32. The molecule has 0 spiro atoms. The van der Waals surface area contributed by atoms with Crippen LogP contribution in [0.3, 0.4) is 0 Å². The minimum Gasteiger partial charge on any atom is -0.298 e. The van der Waals surface area contributed by atoms with E-state index in [1.165, 1.54) is 6.07 Å². The summed E-state index contributed by atoms with van der Waals surface area (Å²) in [6.07, 6.45) is 2.51. The smallest absolute Gasteiger partial charge is 0.155 e. The Morgan fingerprint density at radius 2 is 2.11 bits per heavy atom. The predicted molar refractivity (Wildman–Crippen MR) is 65.9 cm³/mol. The van der Waals surface area contributed by atoms with Gasteiger partial charge in [-0.05, 0) is 25.0 Å². The zero-order valence-electron chi connectivity index (χ0n) is 9.74. The van der Waals surface area contributed by atoms with Crippen molar-refractivity contribution in [3.05, 3.63) is 46.2 Å². The Kier molecular flexibility index (Phi) is 2.86. The molecule has 1 aliphatic carbocycles. The van der Waals surface area contributed by atoms with Crippen LogP contribution in [0.15, 0.2) is 18.2 Å². The third kappa shape index (κ3) is 2.04. The van der Waals surface area contributed by atoms with Gasteiger partial charge in [0.2, 0.25) is 0 Å². The zero-order valence-corrected chi connectivity index (χ0v) is 10.5. The van der Waals surface area contributed by atoms with Crippen LogP contribution in [0.25, 0.3) is 5.69 Å². The second-order valence-corrected chi connectivity index (χ2v) is 4.85. The first-order chi connectivity index (χ1) is 9.11. The standard InChI is InChI=1S/C13H9ClF2N2O/c14-13-9(6-19)12(7-1-2-7)17-18(13)11-4-3-8(15)5-10(11)16/h3-7H,1-2H2. The Balaban J connectivity index is 2.17. The molecule has 98 valence electrons. The van der Waals surface area contributed by atoms with E-state index in [2.05, 4.69) is 5.10 Å². The number of nitrogens with zero attached hydrogens (tertiary/aromatic N) is 2. The van der Waals surface area contributed by atoms with Crippen molar-refractivity contribution in [2.75, 3.05) is 0 Å². The normalized spacial score (nSPS) is 14.7.